The molecule has 110 valence electrons. The lowest BCUT2D eigenvalue weighted by molar-refractivity contribution is 0.573. The van der Waals surface area contributed by atoms with Crippen molar-refractivity contribution in [1.29, 1.82) is 0 Å². The molecule has 0 spiro atoms. The molecule has 0 bridgehead atoms. The molecular weight excluding hydrogens is 279 g/mol. The number of aromatic nitrogens is 2. The van der Waals surface area contributed by atoms with Crippen LogP contribution in [0.5, 0.6) is 0 Å². The first-order valence-electron chi connectivity index (χ1n) is 7.03. The van der Waals surface area contributed by atoms with Crippen molar-refractivity contribution in [3.05, 3.63) is 88.0 Å². The molecule has 22 heavy (non-hydrogen) atoms. The zero-order chi connectivity index (χ0) is 15.5. The fourth-order valence-electron chi connectivity index (χ4n) is 2.35. The average molecular weight is 294 g/mol. The minimum absolute atomic E-state index is 0.116. The molecule has 0 fully saturated rings. The summed E-state index contributed by atoms with van der Waals surface area (Å²) < 4.78 is 15.0. The van der Waals surface area contributed by atoms with E-state index < -0.39 is 0 Å². The van der Waals surface area contributed by atoms with Crippen LogP contribution in [0.4, 0.5) is 4.39 Å². The molecule has 0 atom stereocenters. The average Bonchev–Trinajstić information content (AvgIpc) is 2.52. The fourth-order valence-corrected chi connectivity index (χ4v) is 2.35. The molecule has 0 aliphatic carbocycles. The highest BCUT2D eigenvalue weighted by Crippen LogP contribution is 2.19. The van der Waals surface area contributed by atoms with Gasteiger partial charge in [-0.3, -0.25) is 4.79 Å². The summed E-state index contributed by atoms with van der Waals surface area (Å²) in [5.74, 6) is -0.336. The molecule has 3 aromatic rings. The number of benzene rings is 2. The number of rotatable bonds is 3. The Hall–Kier alpha value is -2.75. The second kappa shape index (κ2) is 5.93. The van der Waals surface area contributed by atoms with Gasteiger partial charge in [0.15, 0.2) is 0 Å². The van der Waals surface area contributed by atoms with Gasteiger partial charge in [0.2, 0.25) is 0 Å². The molecule has 0 aliphatic rings. The van der Waals surface area contributed by atoms with Crippen LogP contribution in [0.1, 0.15) is 11.1 Å². The lowest BCUT2D eigenvalue weighted by Crippen LogP contribution is -2.23. The number of nitrogens with zero attached hydrogens (tertiary/aromatic N) is 2. The maximum absolute atomic E-state index is 13.8. The Kier molecular flexibility index (Phi) is 3.83. The van der Waals surface area contributed by atoms with Gasteiger partial charge in [0.1, 0.15) is 5.82 Å². The molecule has 0 amide bonds. The molecular formula is C18H15FN2O. The molecule has 3 nitrogen and oxygen atoms in total. The molecule has 4 heteroatoms. The van der Waals surface area contributed by atoms with E-state index in [1.54, 1.807) is 24.3 Å². The van der Waals surface area contributed by atoms with E-state index in [1.807, 2.05) is 31.2 Å². The lowest BCUT2D eigenvalue weighted by atomic mass is 10.1. The summed E-state index contributed by atoms with van der Waals surface area (Å²) in [6, 6.07) is 17.4. The molecule has 0 aliphatic heterocycles. The van der Waals surface area contributed by atoms with E-state index in [9.17, 15) is 9.18 Å². The predicted octanol–water partition coefficient (Wildman–Crippen LogP) is 3.41. The van der Waals surface area contributed by atoms with Gasteiger partial charge in [0.25, 0.3) is 5.56 Å². The Morgan fingerprint density at radius 2 is 1.73 bits per heavy atom. The van der Waals surface area contributed by atoms with Crippen LogP contribution in [-0.4, -0.2) is 9.78 Å². The van der Waals surface area contributed by atoms with E-state index in [1.165, 1.54) is 16.8 Å². The van der Waals surface area contributed by atoms with Crippen molar-refractivity contribution in [3.8, 4) is 11.3 Å². The van der Waals surface area contributed by atoms with Crippen LogP contribution in [0.3, 0.4) is 0 Å². The van der Waals surface area contributed by atoms with E-state index in [0.29, 0.717) is 11.3 Å². The fraction of sp³-hybridized carbons (Fsp3) is 0.111. The molecule has 1 heterocycles. The van der Waals surface area contributed by atoms with Crippen LogP contribution >= 0.6 is 0 Å². The summed E-state index contributed by atoms with van der Waals surface area (Å²) in [4.78, 5) is 12.0. The maximum atomic E-state index is 13.8. The minimum Gasteiger partial charge on any atom is -0.268 e. The van der Waals surface area contributed by atoms with Crippen LogP contribution in [0, 0.1) is 12.7 Å². The third kappa shape index (κ3) is 2.81. The maximum Gasteiger partial charge on any atom is 0.267 e. The van der Waals surface area contributed by atoms with Gasteiger partial charge < -0.3 is 0 Å². The summed E-state index contributed by atoms with van der Waals surface area (Å²) in [6.45, 7) is 2.11. The van der Waals surface area contributed by atoms with Gasteiger partial charge in [-0.25, -0.2) is 9.07 Å². The molecule has 0 unspecified atom stereocenters. The highest BCUT2D eigenvalue weighted by atomic mass is 19.1. The number of hydrogen-bond acceptors (Lipinski definition) is 2. The van der Waals surface area contributed by atoms with E-state index in [-0.39, 0.29) is 17.9 Å². The zero-order valence-electron chi connectivity index (χ0n) is 12.2. The number of halogens is 1. The van der Waals surface area contributed by atoms with Crippen molar-refractivity contribution in [2.75, 3.05) is 0 Å². The Morgan fingerprint density at radius 3 is 2.50 bits per heavy atom. The first-order chi connectivity index (χ1) is 10.6. The van der Waals surface area contributed by atoms with Crippen molar-refractivity contribution in [3.63, 3.8) is 0 Å². The van der Waals surface area contributed by atoms with Gasteiger partial charge >= 0.3 is 0 Å². The molecule has 0 N–H and O–H groups in total. The van der Waals surface area contributed by atoms with Crippen molar-refractivity contribution < 1.29 is 4.39 Å². The monoisotopic (exact) mass is 294 g/mol. The minimum atomic E-state index is -0.336. The Balaban J connectivity index is 2.03. The van der Waals surface area contributed by atoms with E-state index in [0.717, 1.165) is 11.1 Å². The van der Waals surface area contributed by atoms with Crippen molar-refractivity contribution in [2.24, 2.45) is 0 Å². The van der Waals surface area contributed by atoms with E-state index in [4.69, 9.17) is 0 Å². The Bertz CT molecular complexity index is 871. The van der Waals surface area contributed by atoms with Crippen LogP contribution in [0.2, 0.25) is 0 Å². The van der Waals surface area contributed by atoms with Crippen molar-refractivity contribution in [1.82, 2.24) is 9.78 Å². The van der Waals surface area contributed by atoms with Crippen LogP contribution in [0.15, 0.2) is 65.5 Å². The quantitative estimate of drug-likeness (QED) is 0.742. The first kappa shape index (κ1) is 14.2. The van der Waals surface area contributed by atoms with Gasteiger partial charge in [-0.05, 0) is 24.6 Å². The second-order valence-electron chi connectivity index (χ2n) is 5.12. The predicted molar refractivity (Wildman–Crippen MR) is 84.2 cm³/mol. The summed E-state index contributed by atoms with van der Waals surface area (Å²) in [7, 11) is 0. The summed E-state index contributed by atoms with van der Waals surface area (Å²) in [5, 5.41) is 4.38. The third-order valence-electron chi connectivity index (χ3n) is 3.57. The van der Waals surface area contributed by atoms with Gasteiger partial charge in [0, 0.05) is 17.2 Å². The second-order valence-corrected chi connectivity index (χ2v) is 5.12. The number of hydrogen-bond donors (Lipinski definition) is 0. The normalized spacial score (nSPS) is 10.6. The van der Waals surface area contributed by atoms with E-state index >= 15 is 0 Å². The molecule has 2 aromatic carbocycles. The Morgan fingerprint density at radius 1 is 1.00 bits per heavy atom. The SMILES string of the molecule is Cc1ccccc1-c1ccc(=O)n(Cc2ccccc2F)n1. The zero-order valence-corrected chi connectivity index (χ0v) is 12.2. The third-order valence-corrected chi connectivity index (χ3v) is 3.57. The standard InChI is InChI=1S/C18H15FN2O/c1-13-6-2-4-8-15(13)17-10-11-18(22)21(20-17)12-14-7-3-5-9-16(14)19/h2-11H,12H2,1H3. The van der Waals surface area contributed by atoms with Gasteiger partial charge in [-0.2, -0.15) is 5.10 Å². The van der Waals surface area contributed by atoms with Crippen LogP contribution in [0.25, 0.3) is 11.3 Å². The molecule has 3 rings (SSSR count). The van der Waals surface area contributed by atoms with Gasteiger partial charge in [-0.1, -0.05) is 42.5 Å². The molecule has 0 radical (unpaired) electrons. The summed E-state index contributed by atoms with van der Waals surface area (Å²) in [5.41, 5.74) is 2.93. The topological polar surface area (TPSA) is 34.9 Å². The first-order valence-corrected chi connectivity index (χ1v) is 7.03. The van der Waals surface area contributed by atoms with Gasteiger partial charge in [-0.15, -0.1) is 0 Å². The highest BCUT2D eigenvalue weighted by Gasteiger charge is 2.08. The number of aryl methyl sites for hydroxylation is 1. The summed E-state index contributed by atoms with van der Waals surface area (Å²) >= 11 is 0. The Labute approximate surface area is 127 Å². The van der Waals surface area contributed by atoms with Crippen molar-refractivity contribution >= 4 is 0 Å². The highest BCUT2D eigenvalue weighted by molar-refractivity contribution is 5.62. The van der Waals surface area contributed by atoms with Crippen LogP contribution < -0.4 is 5.56 Å². The smallest absolute Gasteiger partial charge is 0.267 e. The largest absolute Gasteiger partial charge is 0.268 e. The molecule has 1 aromatic heterocycles. The summed E-state index contributed by atoms with van der Waals surface area (Å²) in [6.07, 6.45) is 0. The van der Waals surface area contributed by atoms with Crippen LogP contribution in [-0.2, 0) is 6.54 Å². The van der Waals surface area contributed by atoms with Crippen molar-refractivity contribution in [2.45, 2.75) is 13.5 Å². The van der Waals surface area contributed by atoms with Gasteiger partial charge in [0.05, 0.1) is 12.2 Å². The molecule has 0 saturated heterocycles. The van der Waals surface area contributed by atoms with E-state index in [2.05, 4.69) is 5.10 Å². The lowest BCUT2D eigenvalue weighted by Gasteiger charge is -2.09. The molecule has 0 saturated carbocycles.